The Morgan fingerprint density at radius 1 is 1.39 bits per heavy atom. The number of esters is 1. The molecular formula is C15H16N2O5S. The summed E-state index contributed by atoms with van der Waals surface area (Å²) in [5, 5.41) is 8.56. The Hall–Kier alpha value is -2.35. The zero-order valence-electron chi connectivity index (χ0n) is 12.7. The molecule has 122 valence electrons. The minimum atomic E-state index is -1.04. The topological polar surface area (TPSA) is 96.3 Å². The average molecular weight is 336 g/mol. The molecule has 1 aliphatic heterocycles. The summed E-state index contributed by atoms with van der Waals surface area (Å²) in [6.45, 7) is 2.02. The summed E-state index contributed by atoms with van der Waals surface area (Å²) in [4.78, 5) is 40.1. The van der Waals surface area contributed by atoms with E-state index in [4.69, 9.17) is 9.84 Å². The van der Waals surface area contributed by atoms with E-state index in [1.165, 1.54) is 4.90 Å². The molecule has 1 fully saturated rings. The normalized spacial score (nSPS) is 19.7. The molecule has 1 atom stereocenters. The summed E-state index contributed by atoms with van der Waals surface area (Å²) < 4.78 is 4.89. The third-order valence-electron chi connectivity index (χ3n) is 3.15. The van der Waals surface area contributed by atoms with Gasteiger partial charge < -0.3 is 9.84 Å². The van der Waals surface area contributed by atoms with E-state index in [-0.39, 0.29) is 12.3 Å². The Morgan fingerprint density at radius 3 is 2.61 bits per heavy atom. The Kier molecular flexibility index (Phi) is 5.38. The number of hydrogen-bond donors (Lipinski definition) is 1. The Labute approximate surface area is 137 Å². The van der Waals surface area contributed by atoms with Gasteiger partial charge in [-0.25, -0.2) is 9.79 Å². The second-order valence-corrected chi connectivity index (χ2v) is 5.93. The number of carboxylic acid groups (broad SMARTS) is 1. The summed E-state index contributed by atoms with van der Waals surface area (Å²) in [6, 6.07) is 6.37. The zero-order valence-corrected chi connectivity index (χ0v) is 13.5. The SMILES string of the molecule is CCOC(=O)c1ccc(N=C2SC(C(=O)O)CC(=O)N2C)cc1. The van der Waals surface area contributed by atoms with E-state index in [0.717, 1.165) is 11.8 Å². The van der Waals surface area contributed by atoms with Crippen LogP contribution in [0.5, 0.6) is 0 Å². The molecule has 0 aromatic heterocycles. The summed E-state index contributed by atoms with van der Waals surface area (Å²) >= 11 is 1.03. The number of hydrogen-bond acceptors (Lipinski definition) is 6. The van der Waals surface area contributed by atoms with Crippen molar-refractivity contribution in [2.75, 3.05) is 13.7 Å². The molecule has 1 aliphatic rings. The molecule has 0 radical (unpaired) electrons. The molecule has 23 heavy (non-hydrogen) atoms. The molecule has 1 unspecified atom stereocenters. The fraction of sp³-hybridized carbons (Fsp3) is 0.333. The van der Waals surface area contributed by atoms with E-state index in [2.05, 4.69) is 4.99 Å². The van der Waals surface area contributed by atoms with Crippen molar-refractivity contribution in [3.05, 3.63) is 29.8 Å². The molecule has 0 saturated carbocycles. The van der Waals surface area contributed by atoms with E-state index in [0.29, 0.717) is 23.0 Å². The molecule has 7 nitrogen and oxygen atoms in total. The lowest BCUT2D eigenvalue weighted by molar-refractivity contribution is -0.139. The van der Waals surface area contributed by atoms with Gasteiger partial charge in [0, 0.05) is 7.05 Å². The first-order valence-corrected chi connectivity index (χ1v) is 7.82. The van der Waals surface area contributed by atoms with Crippen molar-refractivity contribution in [2.45, 2.75) is 18.6 Å². The van der Waals surface area contributed by atoms with Crippen molar-refractivity contribution >= 4 is 40.5 Å². The molecular weight excluding hydrogens is 320 g/mol. The highest BCUT2D eigenvalue weighted by atomic mass is 32.2. The maximum atomic E-state index is 11.8. The highest BCUT2D eigenvalue weighted by Crippen LogP contribution is 2.28. The van der Waals surface area contributed by atoms with Crippen molar-refractivity contribution in [3.63, 3.8) is 0 Å². The first-order valence-electron chi connectivity index (χ1n) is 6.94. The average Bonchev–Trinajstić information content (AvgIpc) is 2.52. The quantitative estimate of drug-likeness (QED) is 0.844. The lowest BCUT2D eigenvalue weighted by Gasteiger charge is -2.27. The zero-order chi connectivity index (χ0) is 17.0. The number of amidine groups is 1. The number of ether oxygens (including phenoxy) is 1. The lowest BCUT2D eigenvalue weighted by atomic mass is 10.2. The number of nitrogens with zero attached hydrogens (tertiary/aromatic N) is 2. The number of amides is 1. The van der Waals surface area contributed by atoms with E-state index < -0.39 is 17.2 Å². The maximum absolute atomic E-state index is 11.8. The van der Waals surface area contributed by atoms with Crippen molar-refractivity contribution in [3.8, 4) is 0 Å². The largest absolute Gasteiger partial charge is 0.480 e. The molecule has 0 spiro atoms. The number of benzene rings is 1. The van der Waals surface area contributed by atoms with Gasteiger partial charge >= 0.3 is 11.9 Å². The molecule has 8 heteroatoms. The number of thioether (sulfide) groups is 1. The number of aliphatic carboxylic acids is 1. The summed E-state index contributed by atoms with van der Waals surface area (Å²) in [5.74, 6) is -1.75. The van der Waals surface area contributed by atoms with Crippen LogP contribution in [0.1, 0.15) is 23.7 Å². The molecule has 1 heterocycles. The minimum Gasteiger partial charge on any atom is -0.480 e. The smallest absolute Gasteiger partial charge is 0.338 e. The molecule has 2 rings (SSSR count). The van der Waals surface area contributed by atoms with Gasteiger partial charge in [-0.3, -0.25) is 14.5 Å². The number of carboxylic acids is 1. The van der Waals surface area contributed by atoms with Gasteiger partial charge in [-0.05, 0) is 31.2 Å². The fourth-order valence-corrected chi connectivity index (χ4v) is 2.89. The van der Waals surface area contributed by atoms with Crippen LogP contribution in [0.2, 0.25) is 0 Å². The number of carbonyl (C=O) groups excluding carboxylic acids is 2. The third kappa shape index (κ3) is 4.10. The van der Waals surface area contributed by atoms with Crippen molar-refractivity contribution in [1.82, 2.24) is 4.90 Å². The molecule has 1 amide bonds. The van der Waals surface area contributed by atoms with Gasteiger partial charge in [0.1, 0.15) is 5.25 Å². The molecule has 1 N–H and O–H groups in total. The third-order valence-corrected chi connectivity index (χ3v) is 4.38. The Balaban J connectivity index is 2.20. The van der Waals surface area contributed by atoms with Crippen LogP contribution in [0.4, 0.5) is 5.69 Å². The van der Waals surface area contributed by atoms with Gasteiger partial charge in [-0.1, -0.05) is 11.8 Å². The second-order valence-electron chi connectivity index (χ2n) is 4.76. The molecule has 0 bridgehead atoms. The number of aliphatic imine (C=N–C) groups is 1. The summed E-state index contributed by atoms with van der Waals surface area (Å²) in [5.41, 5.74) is 0.922. The first kappa shape index (κ1) is 17.0. The van der Waals surface area contributed by atoms with Crippen LogP contribution in [0.25, 0.3) is 0 Å². The van der Waals surface area contributed by atoms with Crippen molar-refractivity contribution in [1.29, 1.82) is 0 Å². The van der Waals surface area contributed by atoms with Crippen LogP contribution < -0.4 is 0 Å². The van der Waals surface area contributed by atoms with Crippen LogP contribution in [-0.2, 0) is 14.3 Å². The predicted octanol–water partition coefficient (Wildman–Crippen LogP) is 1.90. The molecule has 1 aromatic rings. The number of carbonyl (C=O) groups is 3. The summed E-state index contributed by atoms with van der Waals surface area (Å²) in [6.07, 6.45) is -0.0582. The van der Waals surface area contributed by atoms with Gasteiger partial charge in [0.25, 0.3) is 0 Å². The van der Waals surface area contributed by atoms with Gasteiger partial charge in [0.05, 0.1) is 24.3 Å². The lowest BCUT2D eigenvalue weighted by Crippen LogP contribution is -2.41. The number of rotatable bonds is 4. The van der Waals surface area contributed by atoms with Crippen LogP contribution >= 0.6 is 11.8 Å². The van der Waals surface area contributed by atoms with Gasteiger partial charge in [-0.2, -0.15) is 0 Å². The monoisotopic (exact) mass is 336 g/mol. The van der Waals surface area contributed by atoms with E-state index in [9.17, 15) is 14.4 Å². The maximum Gasteiger partial charge on any atom is 0.338 e. The van der Waals surface area contributed by atoms with Gasteiger partial charge in [-0.15, -0.1) is 0 Å². The standard InChI is InChI=1S/C15H16N2O5S/c1-3-22-14(21)9-4-6-10(7-5-9)16-15-17(2)12(18)8-11(23-15)13(19)20/h4-7,11H,3,8H2,1-2H3,(H,19,20). The van der Waals surface area contributed by atoms with Crippen LogP contribution in [0.15, 0.2) is 29.3 Å². The van der Waals surface area contributed by atoms with E-state index >= 15 is 0 Å². The van der Waals surface area contributed by atoms with E-state index in [1.807, 2.05) is 0 Å². The van der Waals surface area contributed by atoms with Gasteiger partial charge in [0.2, 0.25) is 5.91 Å². The van der Waals surface area contributed by atoms with Crippen LogP contribution in [-0.4, -0.2) is 51.9 Å². The molecule has 1 aromatic carbocycles. The summed E-state index contributed by atoms with van der Waals surface area (Å²) in [7, 11) is 1.55. The predicted molar refractivity (Wildman–Crippen MR) is 85.9 cm³/mol. The Morgan fingerprint density at radius 2 is 2.04 bits per heavy atom. The minimum absolute atomic E-state index is 0.0582. The van der Waals surface area contributed by atoms with Crippen molar-refractivity contribution < 1.29 is 24.2 Å². The van der Waals surface area contributed by atoms with Gasteiger partial charge in [0.15, 0.2) is 5.17 Å². The fourth-order valence-electron chi connectivity index (χ4n) is 1.89. The highest BCUT2D eigenvalue weighted by Gasteiger charge is 2.33. The molecule has 1 saturated heterocycles. The first-order chi connectivity index (χ1) is 10.9. The van der Waals surface area contributed by atoms with E-state index in [1.54, 1.807) is 38.2 Å². The van der Waals surface area contributed by atoms with Crippen LogP contribution in [0.3, 0.4) is 0 Å². The Bertz CT molecular complexity index is 656. The van der Waals surface area contributed by atoms with Crippen molar-refractivity contribution in [2.24, 2.45) is 4.99 Å². The van der Waals surface area contributed by atoms with Crippen LogP contribution in [0, 0.1) is 0 Å². The second kappa shape index (κ2) is 7.28. The highest BCUT2D eigenvalue weighted by molar-refractivity contribution is 8.15. The molecule has 0 aliphatic carbocycles.